The predicted octanol–water partition coefficient (Wildman–Crippen LogP) is 3.95. The number of rotatable bonds is 2. The highest BCUT2D eigenvalue weighted by molar-refractivity contribution is 6.36. The largest absolute Gasteiger partial charge is 0.399 e. The fourth-order valence-electron chi connectivity index (χ4n) is 1.57. The van der Waals surface area contributed by atoms with Crippen LogP contribution < -0.4 is 5.73 Å². The van der Waals surface area contributed by atoms with Gasteiger partial charge in [-0.3, -0.25) is 4.79 Å². The van der Waals surface area contributed by atoms with E-state index in [0.717, 1.165) is 12.1 Å². The quantitative estimate of drug-likeness (QED) is 0.670. The van der Waals surface area contributed by atoms with Crippen molar-refractivity contribution in [2.75, 3.05) is 5.73 Å². The first-order valence-electron chi connectivity index (χ1n) is 5.03. The number of hydrogen-bond acceptors (Lipinski definition) is 2. The summed E-state index contributed by atoms with van der Waals surface area (Å²) in [5.41, 5.74) is 6.02. The molecule has 0 fully saturated rings. The lowest BCUT2D eigenvalue weighted by atomic mass is 10.0. The van der Waals surface area contributed by atoms with Gasteiger partial charge in [-0.05, 0) is 36.4 Å². The van der Waals surface area contributed by atoms with Gasteiger partial charge < -0.3 is 5.73 Å². The summed E-state index contributed by atoms with van der Waals surface area (Å²) in [5.74, 6) is -0.995. The molecule has 0 bridgehead atoms. The van der Waals surface area contributed by atoms with Crippen molar-refractivity contribution in [1.82, 2.24) is 0 Å². The second-order valence-electron chi connectivity index (χ2n) is 3.73. The summed E-state index contributed by atoms with van der Waals surface area (Å²) >= 11 is 11.7. The van der Waals surface area contributed by atoms with Gasteiger partial charge in [0.15, 0.2) is 5.78 Å². The topological polar surface area (TPSA) is 43.1 Å². The smallest absolute Gasteiger partial charge is 0.194 e. The minimum atomic E-state index is -0.573. The van der Waals surface area contributed by atoms with Crippen LogP contribution in [0.1, 0.15) is 15.9 Å². The van der Waals surface area contributed by atoms with Gasteiger partial charge in [0.2, 0.25) is 0 Å². The molecule has 2 N–H and O–H groups in total. The van der Waals surface area contributed by atoms with Crippen molar-refractivity contribution < 1.29 is 9.18 Å². The first-order valence-corrected chi connectivity index (χ1v) is 5.79. The second-order valence-corrected chi connectivity index (χ2v) is 4.57. The second kappa shape index (κ2) is 4.96. The van der Waals surface area contributed by atoms with E-state index in [1.807, 2.05) is 0 Å². The SMILES string of the molecule is Nc1cc(F)cc(C(=O)c2cc(Cl)ccc2Cl)c1. The first-order chi connectivity index (χ1) is 8.47. The number of nitrogens with two attached hydrogens (primary N) is 1. The van der Waals surface area contributed by atoms with E-state index in [1.54, 1.807) is 6.07 Å². The number of benzene rings is 2. The summed E-state index contributed by atoms with van der Waals surface area (Å²) in [5, 5.41) is 0.638. The highest BCUT2D eigenvalue weighted by atomic mass is 35.5. The summed E-state index contributed by atoms with van der Waals surface area (Å²) in [4.78, 5) is 12.2. The van der Waals surface area contributed by atoms with Gasteiger partial charge >= 0.3 is 0 Å². The molecule has 18 heavy (non-hydrogen) atoms. The van der Waals surface area contributed by atoms with Crippen molar-refractivity contribution in [3.8, 4) is 0 Å². The molecule has 0 aliphatic rings. The Morgan fingerprint density at radius 3 is 2.50 bits per heavy atom. The molecule has 2 rings (SSSR count). The summed E-state index contributed by atoms with van der Waals surface area (Å²) < 4.78 is 13.2. The molecule has 0 saturated carbocycles. The van der Waals surface area contributed by atoms with Crippen LogP contribution in [0.4, 0.5) is 10.1 Å². The first kappa shape index (κ1) is 12.9. The van der Waals surface area contributed by atoms with Gasteiger partial charge in [-0.1, -0.05) is 23.2 Å². The Balaban J connectivity index is 2.51. The van der Waals surface area contributed by atoms with Crippen molar-refractivity contribution in [2.45, 2.75) is 0 Å². The number of hydrogen-bond donors (Lipinski definition) is 1. The average Bonchev–Trinajstić information content (AvgIpc) is 2.30. The Kier molecular flexibility index (Phi) is 3.55. The fraction of sp³-hybridized carbons (Fsp3) is 0. The highest BCUT2D eigenvalue weighted by Crippen LogP contribution is 2.24. The number of nitrogen functional groups attached to an aromatic ring is 1. The number of carbonyl (C=O) groups excluding carboxylic acids is 1. The molecule has 2 aromatic rings. The molecule has 0 aromatic heterocycles. The normalized spacial score (nSPS) is 10.4. The maximum absolute atomic E-state index is 13.2. The molecule has 2 nitrogen and oxygen atoms in total. The fourth-order valence-corrected chi connectivity index (χ4v) is 1.95. The van der Waals surface area contributed by atoms with Crippen molar-refractivity contribution in [1.29, 1.82) is 0 Å². The lowest BCUT2D eigenvalue weighted by Gasteiger charge is -2.05. The van der Waals surface area contributed by atoms with E-state index in [4.69, 9.17) is 28.9 Å². The summed E-state index contributed by atoms with van der Waals surface area (Å²) in [7, 11) is 0. The molecule has 0 saturated heterocycles. The molecule has 2 aromatic carbocycles. The Labute approximate surface area is 113 Å². The van der Waals surface area contributed by atoms with Crippen molar-refractivity contribution in [3.05, 3.63) is 63.4 Å². The zero-order chi connectivity index (χ0) is 13.3. The lowest BCUT2D eigenvalue weighted by Crippen LogP contribution is -2.04. The van der Waals surface area contributed by atoms with E-state index in [-0.39, 0.29) is 21.8 Å². The maximum Gasteiger partial charge on any atom is 0.194 e. The Hall–Kier alpha value is -1.58. The predicted molar refractivity (Wildman–Crippen MR) is 70.7 cm³/mol. The molecule has 0 spiro atoms. The van der Waals surface area contributed by atoms with Gasteiger partial charge in [0.25, 0.3) is 0 Å². The Bertz CT molecular complexity index is 608. The van der Waals surface area contributed by atoms with Crippen LogP contribution in [0, 0.1) is 5.82 Å². The molecule has 0 radical (unpaired) electrons. The minimum Gasteiger partial charge on any atom is -0.399 e. The van der Waals surface area contributed by atoms with Crippen molar-refractivity contribution in [3.63, 3.8) is 0 Å². The van der Waals surface area contributed by atoms with E-state index in [2.05, 4.69) is 0 Å². The summed E-state index contributed by atoms with van der Waals surface area (Å²) in [6.07, 6.45) is 0. The van der Waals surface area contributed by atoms with Crippen LogP contribution in [0.15, 0.2) is 36.4 Å². The van der Waals surface area contributed by atoms with Gasteiger partial charge in [-0.2, -0.15) is 0 Å². The summed E-state index contributed by atoms with van der Waals surface area (Å²) in [6.45, 7) is 0. The molecule has 0 atom stereocenters. The van der Waals surface area contributed by atoms with E-state index >= 15 is 0 Å². The van der Waals surface area contributed by atoms with E-state index in [0.29, 0.717) is 5.02 Å². The standard InChI is InChI=1S/C13H8Cl2FNO/c14-8-1-2-12(15)11(5-8)13(18)7-3-9(16)6-10(17)4-7/h1-6H,17H2. The monoisotopic (exact) mass is 283 g/mol. The van der Waals surface area contributed by atoms with Crippen LogP contribution in [-0.4, -0.2) is 5.78 Å². The van der Waals surface area contributed by atoms with Gasteiger partial charge in [-0.15, -0.1) is 0 Å². The Morgan fingerprint density at radius 1 is 1.11 bits per heavy atom. The van der Waals surface area contributed by atoms with Gasteiger partial charge in [0, 0.05) is 21.8 Å². The van der Waals surface area contributed by atoms with Crippen molar-refractivity contribution >= 4 is 34.7 Å². The van der Waals surface area contributed by atoms with Gasteiger partial charge in [0.1, 0.15) is 5.82 Å². The minimum absolute atomic E-state index is 0.136. The third kappa shape index (κ3) is 2.63. The molecule has 0 heterocycles. The molecule has 92 valence electrons. The number of anilines is 1. The molecule has 0 amide bonds. The maximum atomic E-state index is 13.2. The van der Waals surface area contributed by atoms with Gasteiger partial charge in [-0.25, -0.2) is 4.39 Å². The zero-order valence-corrected chi connectivity index (χ0v) is 10.6. The van der Waals surface area contributed by atoms with Crippen LogP contribution in [0.25, 0.3) is 0 Å². The molecular formula is C13H8Cl2FNO. The van der Waals surface area contributed by atoms with Crippen LogP contribution >= 0.6 is 23.2 Å². The zero-order valence-electron chi connectivity index (χ0n) is 9.08. The van der Waals surface area contributed by atoms with Crippen LogP contribution in [0.2, 0.25) is 10.0 Å². The third-order valence-corrected chi connectivity index (χ3v) is 2.92. The van der Waals surface area contributed by atoms with E-state index in [1.165, 1.54) is 18.2 Å². The highest BCUT2D eigenvalue weighted by Gasteiger charge is 2.14. The van der Waals surface area contributed by atoms with Crippen molar-refractivity contribution in [2.24, 2.45) is 0 Å². The third-order valence-electron chi connectivity index (χ3n) is 2.36. The molecule has 0 aliphatic carbocycles. The molecule has 5 heteroatoms. The lowest BCUT2D eigenvalue weighted by molar-refractivity contribution is 0.103. The van der Waals surface area contributed by atoms with Crippen LogP contribution in [-0.2, 0) is 0 Å². The number of carbonyl (C=O) groups is 1. The number of halogens is 3. The van der Waals surface area contributed by atoms with Crippen LogP contribution in [0.3, 0.4) is 0 Å². The van der Waals surface area contributed by atoms with Gasteiger partial charge in [0.05, 0.1) is 5.02 Å². The molecular weight excluding hydrogens is 276 g/mol. The van der Waals surface area contributed by atoms with Crippen LogP contribution in [0.5, 0.6) is 0 Å². The number of ketones is 1. The molecule has 0 unspecified atom stereocenters. The van der Waals surface area contributed by atoms with E-state index < -0.39 is 11.6 Å². The summed E-state index contributed by atoms with van der Waals surface area (Å²) in [6, 6.07) is 8.16. The average molecular weight is 284 g/mol. The molecule has 0 aliphatic heterocycles. The van der Waals surface area contributed by atoms with E-state index in [9.17, 15) is 9.18 Å². The Morgan fingerprint density at radius 2 is 1.83 bits per heavy atom.